The summed E-state index contributed by atoms with van der Waals surface area (Å²) in [6, 6.07) is 5.30. The average molecular weight is 253 g/mol. The highest BCUT2D eigenvalue weighted by molar-refractivity contribution is 5.96. The van der Waals surface area contributed by atoms with Crippen LogP contribution in [0.25, 0.3) is 0 Å². The number of amides is 1. The van der Waals surface area contributed by atoms with Crippen molar-refractivity contribution in [3.05, 3.63) is 29.8 Å². The minimum atomic E-state index is -1.14. The van der Waals surface area contributed by atoms with E-state index in [4.69, 9.17) is 14.6 Å². The Labute approximate surface area is 105 Å². The fourth-order valence-corrected chi connectivity index (χ4v) is 1.33. The second kappa shape index (κ2) is 6.61. The van der Waals surface area contributed by atoms with Gasteiger partial charge in [-0.15, -0.1) is 0 Å². The van der Waals surface area contributed by atoms with Crippen LogP contribution in [0.15, 0.2) is 24.3 Å². The summed E-state index contributed by atoms with van der Waals surface area (Å²) in [6.07, 6.45) is 0. The largest absolute Gasteiger partial charge is 0.497 e. The minimum Gasteiger partial charge on any atom is -0.497 e. The van der Waals surface area contributed by atoms with Gasteiger partial charge in [0.15, 0.2) is 6.04 Å². The van der Waals surface area contributed by atoms with Crippen molar-refractivity contribution >= 4 is 11.9 Å². The summed E-state index contributed by atoms with van der Waals surface area (Å²) in [5.74, 6) is -0.987. The molecule has 0 bridgehead atoms. The molecule has 18 heavy (non-hydrogen) atoms. The highest BCUT2D eigenvalue weighted by Crippen LogP contribution is 2.11. The van der Waals surface area contributed by atoms with E-state index in [0.29, 0.717) is 11.3 Å². The number of hydrogen-bond acceptors (Lipinski definition) is 4. The Kier molecular flexibility index (Phi) is 5.13. The first-order valence-electron chi connectivity index (χ1n) is 5.25. The van der Waals surface area contributed by atoms with Crippen LogP contribution in [0, 0.1) is 0 Å². The van der Waals surface area contributed by atoms with Gasteiger partial charge in [0.1, 0.15) is 5.75 Å². The first-order chi connectivity index (χ1) is 8.58. The molecule has 1 rings (SSSR count). The molecule has 0 radical (unpaired) electrons. The van der Waals surface area contributed by atoms with Gasteiger partial charge in [-0.1, -0.05) is 0 Å². The van der Waals surface area contributed by atoms with Gasteiger partial charge < -0.3 is 19.9 Å². The van der Waals surface area contributed by atoms with Crippen molar-refractivity contribution in [2.24, 2.45) is 0 Å². The zero-order chi connectivity index (χ0) is 13.5. The Morgan fingerprint density at radius 3 is 2.33 bits per heavy atom. The third kappa shape index (κ3) is 3.74. The van der Waals surface area contributed by atoms with Crippen LogP contribution >= 0.6 is 0 Å². The standard InChI is InChI=1S/C12H15NO5/c1-17-7-10(12(15)16)13-11(14)8-3-5-9(18-2)6-4-8/h3-6,10H,7H2,1-2H3,(H,13,14)(H,15,16). The number of carboxylic acids is 1. The summed E-state index contributed by atoms with van der Waals surface area (Å²) >= 11 is 0. The van der Waals surface area contributed by atoms with Gasteiger partial charge in [0.05, 0.1) is 13.7 Å². The zero-order valence-corrected chi connectivity index (χ0v) is 10.2. The summed E-state index contributed by atoms with van der Waals surface area (Å²) in [6.45, 7) is -0.0861. The van der Waals surface area contributed by atoms with Crippen molar-refractivity contribution < 1.29 is 24.2 Å². The molecule has 0 aromatic heterocycles. The van der Waals surface area contributed by atoms with Gasteiger partial charge in [-0.3, -0.25) is 4.79 Å². The van der Waals surface area contributed by atoms with E-state index in [2.05, 4.69) is 5.32 Å². The molecule has 1 aromatic carbocycles. The van der Waals surface area contributed by atoms with E-state index in [1.54, 1.807) is 24.3 Å². The van der Waals surface area contributed by atoms with E-state index < -0.39 is 17.9 Å². The number of carbonyl (C=O) groups is 2. The molecule has 1 atom stereocenters. The number of nitrogens with one attached hydrogen (secondary N) is 1. The van der Waals surface area contributed by atoms with E-state index in [1.807, 2.05) is 0 Å². The van der Waals surface area contributed by atoms with Crippen LogP contribution in [0.5, 0.6) is 5.75 Å². The van der Waals surface area contributed by atoms with Crippen LogP contribution in [-0.4, -0.2) is 43.9 Å². The highest BCUT2D eigenvalue weighted by Gasteiger charge is 2.20. The molecule has 1 aromatic rings. The van der Waals surface area contributed by atoms with Crippen molar-refractivity contribution in [3.63, 3.8) is 0 Å². The molecule has 1 unspecified atom stereocenters. The van der Waals surface area contributed by atoms with Gasteiger partial charge in [0.2, 0.25) is 0 Å². The molecule has 0 fully saturated rings. The number of carbonyl (C=O) groups excluding carboxylic acids is 1. The van der Waals surface area contributed by atoms with E-state index in [-0.39, 0.29) is 6.61 Å². The average Bonchev–Trinajstić information content (AvgIpc) is 2.38. The molecule has 0 saturated heterocycles. The Hall–Kier alpha value is -2.08. The minimum absolute atomic E-state index is 0.0861. The molecular formula is C12H15NO5. The second-order valence-electron chi connectivity index (χ2n) is 3.55. The number of benzene rings is 1. The molecule has 6 heteroatoms. The summed E-state index contributed by atoms with van der Waals surface area (Å²) < 4.78 is 9.68. The molecule has 0 aliphatic heterocycles. The normalized spacial score (nSPS) is 11.7. The Balaban J connectivity index is 2.70. The van der Waals surface area contributed by atoms with Gasteiger partial charge in [-0.05, 0) is 24.3 Å². The van der Waals surface area contributed by atoms with Crippen molar-refractivity contribution in [3.8, 4) is 5.75 Å². The van der Waals surface area contributed by atoms with Crippen LogP contribution in [0.1, 0.15) is 10.4 Å². The number of aliphatic carboxylic acids is 1. The van der Waals surface area contributed by atoms with Crippen LogP contribution in [0.3, 0.4) is 0 Å². The first kappa shape index (κ1) is 14.0. The fourth-order valence-electron chi connectivity index (χ4n) is 1.33. The Morgan fingerprint density at radius 2 is 1.89 bits per heavy atom. The van der Waals surface area contributed by atoms with E-state index in [9.17, 15) is 9.59 Å². The zero-order valence-electron chi connectivity index (χ0n) is 10.2. The van der Waals surface area contributed by atoms with E-state index in [1.165, 1.54) is 14.2 Å². The lowest BCUT2D eigenvalue weighted by Gasteiger charge is -2.13. The van der Waals surface area contributed by atoms with E-state index >= 15 is 0 Å². The predicted octanol–water partition coefficient (Wildman–Crippen LogP) is 0.525. The summed E-state index contributed by atoms with van der Waals surface area (Å²) in [4.78, 5) is 22.6. The van der Waals surface area contributed by atoms with Crippen LogP contribution in [0.4, 0.5) is 0 Å². The quantitative estimate of drug-likeness (QED) is 0.772. The number of hydrogen-bond donors (Lipinski definition) is 2. The molecule has 0 aliphatic rings. The molecule has 1 amide bonds. The fraction of sp³-hybridized carbons (Fsp3) is 0.333. The second-order valence-corrected chi connectivity index (χ2v) is 3.55. The molecule has 0 spiro atoms. The molecule has 6 nitrogen and oxygen atoms in total. The number of methoxy groups -OCH3 is 2. The first-order valence-corrected chi connectivity index (χ1v) is 5.25. The lowest BCUT2D eigenvalue weighted by Crippen LogP contribution is -2.43. The highest BCUT2D eigenvalue weighted by atomic mass is 16.5. The third-order valence-electron chi connectivity index (χ3n) is 2.29. The van der Waals surface area contributed by atoms with Crippen molar-refractivity contribution in [1.29, 1.82) is 0 Å². The van der Waals surface area contributed by atoms with Gasteiger partial charge in [-0.25, -0.2) is 4.79 Å². The van der Waals surface area contributed by atoms with Gasteiger partial charge in [-0.2, -0.15) is 0 Å². The predicted molar refractivity (Wildman–Crippen MR) is 63.8 cm³/mol. The van der Waals surface area contributed by atoms with Crippen LogP contribution < -0.4 is 10.1 Å². The Morgan fingerprint density at radius 1 is 1.28 bits per heavy atom. The third-order valence-corrected chi connectivity index (χ3v) is 2.29. The molecule has 98 valence electrons. The lowest BCUT2D eigenvalue weighted by molar-refractivity contribution is -0.140. The molecule has 0 saturated carbocycles. The van der Waals surface area contributed by atoms with Crippen molar-refractivity contribution in [2.75, 3.05) is 20.8 Å². The van der Waals surface area contributed by atoms with E-state index in [0.717, 1.165) is 0 Å². The van der Waals surface area contributed by atoms with Gasteiger partial charge in [0, 0.05) is 12.7 Å². The maximum atomic E-state index is 11.8. The van der Waals surface area contributed by atoms with Gasteiger partial charge in [0.25, 0.3) is 5.91 Å². The monoisotopic (exact) mass is 253 g/mol. The SMILES string of the molecule is COCC(NC(=O)c1ccc(OC)cc1)C(=O)O. The summed E-state index contributed by atoms with van der Waals surface area (Å²) in [5, 5.41) is 11.2. The molecule has 0 heterocycles. The molecule has 0 aliphatic carbocycles. The van der Waals surface area contributed by atoms with Crippen LogP contribution in [-0.2, 0) is 9.53 Å². The Bertz CT molecular complexity index is 415. The van der Waals surface area contributed by atoms with Crippen molar-refractivity contribution in [2.45, 2.75) is 6.04 Å². The van der Waals surface area contributed by atoms with Crippen LogP contribution in [0.2, 0.25) is 0 Å². The smallest absolute Gasteiger partial charge is 0.328 e. The number of ether oxygens (including phenoxy) is 2. The molecule has 2 N–H and O–H groups in total. The van der Waals surface area contributed by atoms with Gasteiger partial charge >= 0.3 is 5.97 Å². The number of carboxylic acid groups (broad SMARTS) is 1. The maximum Gasteiger partial charge on any atom is 0.328 e. The molecular weight excluding hydrogens is 238 g/mol. The summed E-state index contributed by atoms with van der Waals surface area (Å²) in [7, 11) is 2.89. The topological polar surface area (TPSA) is 84.9 Å². The lowest BCUT2D eigenvalue weighted by atomic mass is 10.2. The number of rotatable bonds is 6. The summed E-state index contributed by atoms with van der Waals surface area (Å²) in [5.41, 5.74) is 0.359. The van der Waals surface area contributed by atoms with Crippen molar-refractivity contribution in [1.82, 2.24) is 5.32 Å². The maximum absolute atomic E-state index is 11.8.